The van der Waals surface area contributed by atoms with E-state index in [-0.39, 0.29) is 34.0 Å². The van der Waals surface area contributed by atoms with Crippen molar-refractivity contribution in [3.05, 3.63) is 93.6 Å². The van der Waals surface area contributed by atoms with Crippen LogP contribution in [0.4, 0.5) is 10.1 Å². The average molecular weight is 467 g/mol. The summed E-state index contributed by atoms with van der Waals surface area (Å²) in [5.74, 6) is 0.250. The second kappa shape index (κ2) is 7.89. The second-order valence-electron chi connectivity index (χ2n) is 7.53. The zero-order chi connectivity index (χ0) is 23.2. The van der Waals surface area contributed by atoms with Gasteiger partial charge in [-0.2, -0.15) is 0 Å². The van der Waals surface area contributed by atoms with E-state index in [1.165, 1.54) is 30.3 Å². The molecular formula is C23H18FN3O5S. The molecule has 1 atom stereocenters. The van der Waals surface area contributed by atoms with E-state index in [0.717, 1.165) is 8.87 Å². The van der Waals surface area contributed by atoms with Crippen molar-refractivity contribution in [1.82, 2.24) is 9.55 Å². The van der Waals surface area contributed by atoms with Crippen LogP contribution in [0.3, 0.4) is 0 Å². The van der Waals surface area contributed by atoms with E-state index in [2.05, 4.69) is 4.98 Å². The van der Waals surface area contributed by atoms with Crippen LogP contribution in [0.15, 0.2) is 87.3 Å². The van der Waals surface area contributed by atoms with Gasteiger partial charge in [0.25, 0.3) is 15.6 Å². The Labute approximate surface area is 187 Å². The Morgan fingerprint density at radius 1 is 0.970 bits per heavy atom. The highest BCUT2D eigenvalue weighted by Gasteiger charge is 2.32. The summed E-state index contributed by atoms with van der Waals surface area (Å²) in [5.41, 5.74) is -0.623. The first-order valence-corrected chi connectivity index (χ1v) is 11.5. The molecule has 0 saturated carbocycles. The van der Waals surface area contributed by atoms with Crippen molar-refractivity contribution < 1.29 is 17.5 Å². The molecule has 4 aromatic rings. The minimum atomic E-state index is -4.24. The Kier molecular flexibility index (Phi) is 5.01. The van der Waals surface area contributed by atoms with Gasteiger partial charge < -0.3 is 9.72 Å². The number of anilines is 1. The zero-order valence-electron chi connectivity index (χ0n) is 17.1. The molecule has 0 spiro atoms. The number of rotatable bonds is 3. The van der Waals surface area contributed by atoms with Crippen LogP contribution in [-0.4, -0.2) is 37.3 Å². The first-order valence-electron chi connectivity index (χ1n) is 10.1. The molecule has 3 aromatic carbocycles. The first kappa shape index (κ1) is 21.0. The average Bonchev–Trinajstić information content (AvgIpc) is 2.99. The summed E-state index contributed by atoms with van der Waals surface area (Å²) in [6.07, 6.45) is -1.54. The summed E-state index contributed by atoms with van der Waals surface area (Å²) in [5, 5.41) is 0.282. The normalized spacial score (nSPS) is 16.2. The summed E-state index contributed by atoms with van der Waals surface area (Å²) >= 11 is 0. The number of para-hydroxylation sites is 3. The lowest BCUT2D eigenvalue weighted by molar-refractivity contribution is 0.210. The van der Waals surface area contributed by atoms with E-state index in [9.17, 15) is 22.4 Å². The van der Waals surface area contributed by atoms with Gasteiger partial charge in [0, 0.05) is 0 Å². The molecule has 0 amide bonds. The molecule has 5 rings (SSSR count). The predicted molar refractivity (Wildman–Crippen MR) is 122 cm³/mol. The Morgan fingerprint density at radius 2 is 1.73 bits per heavy atom. The molecule has 1 aliphatic rings. The predicted octanol–water partition coefficient (Wildman–Crippen LogP) is 2.60. The van der Waals surface area contributed by atoms with E-state index >= 15 is 0 Å². The monoisotopic (exact) mass is 467 g/mol. The highest BCUT2D eigenvalue weighted by Crippen LogP contribution is 2.35. The third-order valence-electron chi connectivity index (χ3n) is 5.39. The van der Waals surface area contributed by atoms with Crippen molar-refractivity contribution in [3.8, 4) is 11.4 Å². The van der Waals surface area contributed by atoms with Crippen LogP contribution in [0.1, 0.15) is 0 Å². The van der Waals surface area contributed by atoms with E-state index in [1.807, 2.05) is 0 Å². The number of aromatic nitrogens is 2. The SMILES string of the molecule is O=c1[nH]c2ccccc2c(=O)n1-c1cccc(S(=O)(=O)N2CC(F)COc3ccccc32)c1. The number of benzene rings is 3. The minimum absolute atomic E-state index is 0.0734. The van der Waals surface area contributed by atoms with Crippen molar-refractivity contribution in [2.45, 2.75) is 11.1 Å². The number of nitrogens with zero attached hydrogens (tertiary/aromatic N) is 2. The van der Waals surface area contributed by atoms with Crippen LogP contribution in [0.2, 0.25) is 0 Å². The summed E-state index contributed by atoms with van der Waals surface area (Å²) in [4.78, 5) is 28.1. The van der Waals surface area contributed by atoms with Crippen LogP contribution >= 0.6 is 0 Å². The standard InChI is InChI=1S/C23H18FN3O5S/c24-15-13-26(20-10-3-4-11-21(20)32-14-15)33(30,31)17-7-5-6-16(12-17)27-22(28)18-8-1-2-9-19(18)25-23(27)29/h1-12,15H,13-14H2,(H,25,29). The Hall–Kier alpha value is -3.92. The number of hydrogen-bond donors (Lipinski definition) is 1. The number of halogens is 1. The largest absolute Gasteiger partial charge is 0.488 e. The van der Waals surface area contributed by atoms with Crippen LogP contribution < -0.4 is 20.3 Å². The molecule has 1 unspecified atom stereocenters. The Bertz CT molecular complexity index is 1600. The molecule has 0 aliphatic carbocycles. The lowest BCUT2D eigenvalue weighted by atomic mass is 10.2. The van der Waals surface area contributed by atoms with Crippen LogP contribution in [-0.2, 0) is 10.0 Å². The third-order valence-corrected chi connectivity index (χ3v) is 7.16. The van der Waals surface area contributed by atoms with Gasteiger partial charge in [-0.05, 0) is 42.5 Å². The van der Waals surface area contributed by atoms with Gasteiger partial charge in [-0.15, -0.1) is 0 Å². The fourth-order valence-electron chi connectivity index (χ4n) is 3.83. The third kappa shape index (κ3) is 3.58. The molecule has 1 aromatic heterocycles. The van der Waals surface area contributed by atoms with Gasteiger partial charge in [-0.3, -0.25) is 9.10 Å². The number of fused-ring (bicyclic) bond motifs is 2. The first-order chi connectivity index (χ1) is 15.9. The van der Waals surface area contributed by atoms with Crippen molar-refractivity contribution in [3.63, 3.8) is 0 Å². The second-order valence-corrected chi connectivity index (χ2v) is 9.39. The minimum Gasteiger partial charge on any atom is -0.488 e. The molecular weight excluding hydrogens is 449 g/mol. The van der Waals surface area contributed by atoms with Gasteiger partial charge in [0.2, 0.25) is 0 Å². The van der Waals surface area contributed by atoms with Crippen molar-refractivity contribution in [2.24, 2.45) is 0 Å². The molecule has 0 saturated heterocycles. The molecule has 0 fully saturated rings. The van der Waals surface area contributed by atoms with Gasteiger partial charge in [0.1, 0.15) is 12.4 Å². The van der Waals surface area contributed by atoms with Crippen molar-refractivity contribution in [2.75, 3.05) is 17.5 Å². The fourth-order valence-corrected chi connectivity index (χ4v) is 5.37. The van der Waals surface area contributed by atoms with Gasteiger partial charge in [0.05, 0.1) is 33.7 Å². The van der Waals surface area contributed by atoms with E-state index in [0.29, 0.717) is 5.52 Å². The lowest BCUT2D eigenvalue weighted by Gasteiger charge is -2.24. The molecule has 10 heteroatoms. The van der Waals surface area contributed by atoms with Gasteiger partial charge in [-0.1, -0.05) is 30.3 Å². The summed E-state index contributed by atoms with van der Waals surface area (Å²) in [6, 6.07) is 18.4. The number of ether oxygens (including phenoxy) is 1. The van der Waals surface area contributed by atoms with E-state index in [4.69, 9.17) is 4.74 Å². The van der Waals surface area contributed by atoms with Crippen LogP contribution in [0.5, 0.6) is 5.75 Å². The highest BCUT2D eigenvalue weighted by atomic mass is 32.2. The number of nitrogens with one attached hydrogen (secondary N) is 1. The number of aromatic amines is 1. The summed E-state index contributed by atoms with van der Waals surface area (Å²) < 4.78 is 48.7. The number of hydrogen-bond acceptors (Lipinski definition) is 5. The summed E-state index contributed by atoms with van der Waals surface area (Å²) in [6.45, 7) is -0.703. The van der Waals surface area contributed by atoms with Gasteiger partial charge in [-0.25, -0.2) is 22.2 Å². The van der Waals surface area contributed by atoms with Gasteiger partial charge >= 0.3 is 5.69 Å². The number of sulfonamides is 1. The Balaban J connectivity index is 1.66. The molecule has 2 heterocycles. The smallest absolute Gasteiger partial charge is 0.333 e. The maximum Gasteiger partial charge on any atom is 0.333 e. The van der Waals surface area contributed by atoms with Crippen molar-refractivity contribution in [1.29, 1.82) is 0 Å². The molecule has 0 radical (unpaired) electrons. The molecule has 1 N–H and O–H groups in total. The van der Waals surface area contributed by atoms with Crippen LogP contribution in [0, 0.1) is 0 Å². The maximum absolute atomic E-state index is 14.4. The quantitative estimate of drug-likeness (QED) is 0.499. The number of alkyl halides is 1. The highest BCUT2D eigenvalue weighted by molar-refractivity contribution is 7.92. The molecule has 168 valence electrons. The van der Waals surface area contributed by atoms with Crippen molar-refractivity contribution >= 4 is 26.6 Å². The molecule has 8 nitrogen and oxygen atoms in total. The van der Waals surface area contributed by atoms with E-state index in [1.54, 1.807) is 42.5 Å². The molecule has 1 aliphatic heterocycles. The van der Waals surface area contributed by atoms with Gasteiger partial charge in [0.15, 0.2) is 6.17 Å². The molecule has 0 bridgehead atoms. The zero-order valence-corrected chi connectivity index (χ0v) is 18.0. The van der Waals surface area contributed by atoms with E-state index < -0.39 is 34.0 Å². The Morgan fingerprint density at radius 3 is 2.58 bits per heavy atom. The topological polar surface area (TPSA) is 101 Å². The van der Waals surface area contributed by atoms with Crippen LogP contribution in [0.25, 0.3) is 16.6 Å². The number of H-pyrrole nitrogens is 1. The summed E-state index contributed by atoms with van der Waals surface area (Å²) in [7, 11) is -4.24. The fraction of sp³-hybridized carbons (Fsp3) is 0.130. The lowest BCUT2D eigenvalue weighted by Crippen LogP contribution is -2.36. The molecule has 33 heavy (non-hydrogen) atoms. The maximum atomic E-state index is 14.4.